The zero-order valence-electron chi connectivity index (χ0n) is 10.4. The first-order chi connectivity index (χ1) is 8.59. The van der Waals surface area contributed by atoms with E-state index in [0.29, 0.717) is 12.2 Å². The van der Waals surface area contributed by atoms with Gasteiger partial charge in [-0.05, 0) is 54.9 Å². The van der Waals surface area contributed by atoms with Crippen molar-refractivity contribution in [3.8, 4) is 5.75 Å². The third kappa shape index (κ3) is 2.64. The third-order valence-electron chi connectivity index (χ3n) is 3.61. The molecule has 0 aliphatic heterocycles. The number of aromatic hydroxyl groups is 1. The van der Waals surface area contributed by atoms with Gasteiger partial charge in [0.25, 0.3) is 0 Å². The molecule has 0 heterocycles. The molecule has 98 valence electrons. The van der Waals surface area contributed by atoms with Crippen molar-refractivity contribution in [2.75, 3.05) is 0 Å². The van der Waals surface area contributed by atoms with Gasteiger partial charge in [0.2, 0.25) is 0 Å². The Kier molecular flexibility index (Phi) is 3.87. The van der Waals surface area contributed by atoms with Gasteiger partial charge in [0.1, 0.15) is 5.75 Å². The number of carboxylic acids is 1. The molecule has 1 aliphatic carbocycles. The molecule has 0 radical (unpaired) electrons. The summed E-state index contributed by atoms with van der Waals surface area (Å²) in [5.74, 6) is -0.475. The van der Waals surface area contributed by atoms with Crippen molar-refractivity contribution in [2.24, 2.45) is 5.73 Å². The van der Waals surface area contributed by atoms with Crippen molar-refractivity contribution < 1.29 is 15.0 Å². The van der Waals surface area contributed by atoms with Crippen LogP contribution in [0.25, 0.3) is 0 Å². The molecule has 18 heavy (non-hydrogen) atoms. The van der Waals surface area contributed by atoms with Crippen molar-refractivity contribution >= 4 is 5.97 Å². The molecule has 4 heteroatoms. The maximum atomic E-state index is 10.6. The van der Waals surface area contributed by atoms with Crippen LogP contribution in [-0.4, -0.2) is 16.2 Å². The second-order valence-corrected chi connectivity index (χ2v) is 4.88. The molecule has 0 spiro atoms. The SMILES string of the molecule is NC(CCC(=O)O)c1ccc(O)c2c1CCCC2. The third-order valence-corrected chi connectivity index (χ3v) is 3.61. The Bertz CT molecular complexity index is 457. The highest BCUT2D eigenvalue weighted by molar-refractivity contribution is 5.66. The molecule has 0 aromatic heterocycles. The van der Waals surface area contributed by atoms with E-state index in [4.69, 9.17) is 10.8 Å². The lowest BCUT2D eigenvalue weighted by molar-refractivity contribution is -0.137. The van der Waals surface area contributed by atoms with E-state index in [2.05, 4.69) is 0 Å². The maximum absolute atomic E-state index is 10.6. The second-order valence-electron chi connectivity index (χ2n) is 4.88. The quantitative estimate of drug-likeness (QED) is 0.763. The number of aliphatic carboxylic acids is 1. The zero-order valence-corrected chi connectivity index (χ0v) is 10.4. The normalized spacial score (nSPS) is 16.1. The van der Waals surface area contributed by atoms with Crippen molar-refractivity contribution in [3.05, 3.63) is 28.8 Å². The molecule has 1 aliphatic rings. The van der Waals surface area contributed by atoms with Crippen LogP contribution in [0.3, 0.4) is 0 Å². The number of carbonyl (C=O) groups is 1. The summed E-state index contributed by atoms with van der Waals surface area (Å²) >= 11 is 0. The fourth-order valence-corrected chi connectivity index (χ4v) is 2.66. The van der Waals surface area contributed by atoms with Crippen molar-refractivity contribution in [3.63, 3.8) is 0 Å². The number of carboxylic acid groups (broad SMARTS) is 1. The molecule has 4 nitrogen and oxygen atoms in total. The summed E-state index contributed by atoms with van der Waals surface area (Å²) in [7, 11) is 0. The van der Waals surface area contributed by atoms with E-state index in [0.717, 1.165) is 42.4 Å². The predicted octanol–water partition coefficient (Wildman–Crippen LogP) is 2.14. The summed E-state index contributed by atoms with van der Waals surface area (Å²) in [4.78, 5) is 10.6. The summed E-state index contributed by atoms with van der Waals surface area (Å²) in [5.41, 5.74) is 9.22. The van der Waals surface area contributed by atoms with Gasteiger partial charge in [0, 0.05) is 12.5 Å². The summed E-state index contributed by atoms with van der Waals surface area (Å²) in [6.45, 7) is 0. The van der Waals surface area contributed by atoms with Gasteiger partial charge in [-0.3, -0.25) is 4.79 Å². The van der Waals surface area contributed by atoms with Crippen molar-refractivity contribution in [2.45, 2.75) is 44.6 Å². The van der Waals surface area contributed by atoms with Crippen LogP contribution >= 0.6 is 0 Å². The lowest BCUT2D eigenvalue weighted by Gasteiger charge is -2.23. The fourth-order valence-electron chi connectivity index (χ4n) is 2.66. The first-order valence-electron chi connectivity index (χ1n) is 6.40. The number of hydrogen-bond donors (Lipinski definition) is 3. The number of hydrogen-bond acceptors (Lipinski definition) is 3. The highest BCUT2D eigenvalue weighted by Crippen LogP contribution is 2.34. The molecular formula is C14H19NO3. The number of phenols is 1. The van der Waals surface area contributed by atoms with E-state index in [1.165, 1.54) is 0 Å². The molecule has 1 unspecified atom stereocenters. The highest BCUT2D eigenvalue weighted by atomic mass is 16.4. The lowest BCUT2D eigenvalue weighted by Crippen LogP contribution is -2.17. The summed E-state index contributed by atoms with van der Waals surface area (Å²) < 4.78 is 0. The summed E-state index contributed by atoms with van der Waals surface area (Å²) in [6, 6.07) is 3.26. The summed E-state index contributed by atoms with van der Waals surface area (Å²) in [5, 5.41) is 18.5. The van der Waals surface area contributed by atoms with E-state index in [9.17, 15) is 9.90 Å². The Hall–Kier alpha value is -1.55. The highest BCUT2D eigenvalue weighted by Gasteiger charge is 2.20. The van der Waals surface area contributed by atoms with Crippen LogP contribution in [0.5, 0.6) is 5.75 Å². The molecule has 2 rings (SSSR count). The van der Waals surface area contributed by atoms with E-state index in [-0.39, 0.29) is 12.5 Å². The van der Waals surface area contributed by atoms with Gasteiger partial charge in [-0.15, -0.1) is 0 Å². The molecule has 0 fully saturated rings. The second kappa shape index (κ2) is 5.40. The van der Waals surface area contributed by atoms with Crippen LogP contribution < -0.4 is 5.73 Å². The van der Waals surface area contributed by atoms with Gasteiger partial charge in [0.05, 0.1) is 0 Å². The number of fused-ring (bicyclic) bond motifs is 1. The Morgan fingerprint density at radius 1 is 1.28 bits per heavy atom. The minimum absolute atomic E-state index is 0.0802. The maximum Gasteiger partial charge on any atom is 0.303 e. The predicted molar refractivity (Wildman–Crippen MR) is 68.5 cm³/mol. The minimum Gasteiger partial charge on any atom is -0.508 e. The largest absolute Gasteiger partial charge is 0.508 e. The van der Waals surface area contributed by atoms with Crippen LogP contribution in [0.15, 0.2) is 12.1 Å². The van der Waals surface area contributed by atoms with E-state index in [1.54, 1.807) is 6.07 Å². The van der Waals surface area contributed by atoms with Crippen LogP contribution in [0, 0.1) is 0 Å². The lowest BCUT2D eigenvalue weighted by atomic mass is 9.84. The number of rotatable bonds is 4. The average molecular weight is 249 g/mol. The van der Waals surface area contributed by atoms with Crippen LogP contribution in [0.2, 0.25) is 0 Å². The molecule has 0 saturated heterocycles. The monoisotopic (exact) mass is 249 g/mol. The van der Waals surface area contributed by atoms with Gasteiger partial charge in [0.15, 0.2) is 0 Å². The minimum atomic E-state index is -0.821. The smallest absolute Gasteiger partial charge is 0.303 e. The van der Waals surface area contributed by atoms with Gasteiger partial charge in [-0.25, -0.2) is 0 Å². The molecule has 0 amide bonds. The Labute approximate surface area is 106 Å². The van der Waals surface area contributed by atoms with E-state index < -0.39 is 5.97 Å². The topological polar surface area (TPSA) is 83.6 Å². The van der Waals surface area contributed by atoms with Crippen LogP contribution in [0.1, 0.15) is 48.4 Å². The van der Waals surface area contributed by atoms with E-state index >= 15 is 0 Å². The molecule has 0 saturated carbocycles. The number of benzene rings is 1. The molecule has 1 aromatic rings. The Balaban J connectivity index is 2.25. The standard InChI is InChI=1S/C14H19NO3/c15-12(6-8-14(17)18)10-5-7-13(16)11-4-2-1-3-9(10)11/h5,7,12,16H,1-4,6,8,15H2,(H,17,18). The van der Waals surface area contributed by atoms with Crippen molar-refractivity contribution in [1.29, 1.82) is 0 Å². The molecule has 4 N–H and O–H groups in total. The summed E-state index contributed by atoms with van der Waals surface area (Å²) in [6.07, 6.45) is 4.54. The zero-order chi connectivity index (χ0) is 13.1. The number of phenolic OH excluding ortho intramolecular Hbond substituents is 1. The number of nitrogens with two attached hydrogens (primary N) is 1. The molecular weight excluding hydrogens is 230 g/mol. The van der Waals surface area contributed by atoms with Gasteiger partial charge in [-0.2, -0.15) is 0 Å². The van der Waals surface area contributed by atoms with Crippen LogP contribution in [0.4, 0.5) is 0 Å². The van der Waals surface area contributed by atoms with Crippen molar-refractivity contribution in [1.82, 2.24) is 0 Å². The molecule has 1 aromatic carbocycles. The fraction of sp³-hybridized carbons (Fsp3) is 0.500. The first kappa shape index (κ1) is 12.9. The average Bonchev–Trinajstić information content (AvgIpc) is 2.37. The van der Waals surface area contributed by atoms with Gasteiger partial charge >= 0.3 is 5.97 Å². The first-order valence-corrected chi connectivity index (χ1v) is 6.40. The molecule has 1 atom stereocenters. The Morgan fingerprint density at radius 3 is 2.61 bits per heavy atom. The van der Waals surface area contributed by atoms with Crippen LogP contribution in [-0.2, 0) is 17.6 Å². The van der Waals surface area contributed by atoms with E-state index in [1.807, 2.05) is 6.07 Å². The Morgan fingerprint density at radius 2 is 1.94 bits per heavy atom. The van der Waals surface area contributed by atoms with Gasteiger partial charge < -0.3 is 15.9 Å². The molecule has 0 bridgehead atoms. The van der Waals surface area contributed by atoms with Gasteiger partial charge in [-0.1, -0.05) is 6.07 Å².